The molecule has 1 fully saturated rings. The van der Waals surface area contributed by atoms with Crippen LogP contribution in [0.1, 0.15) is 53.1 Å². The summed E-state index contributed by atoms with van der Waals surface area (Å²) in [5.41, 5.74) is 2.96. The fraction of sp³-hybridized carbons (Fsp3) is 0.588. The van der Waals surface area contributed by atoms with Crippen molar-refractivity contribution in [3.05, 3.63) is 33.5 Å². The van der Waals surface area contributed by atoms with Gasteiger partial charge in [0.1, 0.15) is 5.69 Å². The van der Waals surface area contributed by atoms with Crippen molar-refractivity contribution in [2.24, 2.45) is 5.41 Å². The van der Waals surface area contributed by atoms with Crippen molar-refractivity contribution in [1.82, 2.24) is 20.1 Å². The number of carbonyl (C=O) groups is 1. The summed E-state index contributed by atoms with van der Waals surface area (Å²) in [6.45, 7) is 7.80. The number of nitrogens with one attached hydrogen (secondary N) is 1. The Kier molecular flexibility index (Phi) is 4.53. The third-order valence-corrected chi connectivity index (χ3v) is 5.33. The molecule has 6 heteroatoms. The molecule has 1 N–H and O–H groups in total. The normalized spacial score (nSPS) is 15.6. The first-order chi connectivity index (χ1) is 11.0. The Balaban J connectivity index is 1.56. The number of hydrogen-bond acceptors (Lipinski definition) is 4. The van der Waals surface area contributed by atoms with Crippen LogP contribution in [0.2, 0.25) is 0 Å². The standard InChI is InChI=1S/C17H24N4OS/c1-4-5-15-19-14(9-23-15)16(22)18-10-17(6-7-17)11-21-13(3)8-12(2)20-21/h8-9H,4-7,10-11H2,1-3H3,(H,18,22). The smallest absolute Gasteiger partial charge is 0.270 e. The summed E-state index contributed by atoms with van der Waals surface area (Å²) in [6, 6.07) is 2.10. The van der Waals surface area contributed by atoms with Gasteiger partial charge >= 0.3 is 0 Å². The van der Waals surface area contributed by atoms with Crippen LogP contribution in [0, 0.1) is 19.3 Å². The molecule has 0 saturated heterocycles. The lowest BCUT2D eigenvalue weighted by Gasteiger charge is -2.16. The lowest BCUT2D eigenvalue weighted by atomic mass is 10.1. The van der Waals surface area contributed by atoms with Crippen molar-refractivity contribution in [2.45, 2.75) is 53.0 Å². The molecule has 0 radical (unpaired) electrons. The molecular weight excluding hydrogens is 308 g/mol. The van der Waals surface area contributed by atoms with Gasteiger partial charge in [0, 0.05) is 29.6 Å². The maximum atomic E-state index is 12.3. The van der Waals surface area contributed by atoms with E-state index in [0.29, 0.717) is 12.2 Å². The molecule has 1 amide bonds. The Labute approximate surface area is 141 Å². The van der Waals surface area contributed by atoms with E-state index in [2.05, 4.69) is 40.0 Å². The topological polar surface area (TPSA) is 59.8 Å². The highest BCUT2D eigenvalue weighted by Crippen LogP contribution is 2.46. The Morgan fingerprint density at radius 3 is 2.83 bits per heavy atom. The van der Waals surface area contributed by atoms with E-state index in [1.165, 1.54) is 5.69 Å². The molecule has 1 aliphatic carbocycles. The average Bonchev–Trinajstić information content (AvgIpc) is 2.97. The number of aromatic nitrogens is 3. The van der Waals surface area contributed by atoms with Crippen LogP contribution in [0.3, 0.4) is 0 Å². The van der Waals surface area contributed by atoms with Gasteiger partial charge in [0.25, 0.3) is 5.91 Å². The number of amides is 1. The first kappa shape index (κ1) is 16.2. The van der Waals surface area contributed by atoms with E-state index in [0.717, 1.165) is 42.9 Å². The van der Waals surface area contributed by atoms with E-state index in [9.17, 15) is 4.79 Å². The Morgan fingerprint density at radius 2 is 2.22 bits per heavy atom. The van der Waals surface area contributed by atoms with E-state index in [-0.39, 0.29) is 11.3 Å². The Morgan fingerprint density at radius 1 is 1.43 bits per heavy atom. The number of thiazole rings is 1. The van der Waals surface area contributed by atoms with E-state index in [1.807, 2.05) is 12.3 Å². The van der Waals surface area contributed by atoms with Crippen molar-refractivity contribution in [3.63, 3.8) is 0 Å². The van der Waals surface area contributed by atoms with Crippen molar-refractivity contribution >= 4 is 17.2 Å². The maximum Gasteiger partial charge on any atom is 0.270 e. The van der Waals surface area contributed by atoms with Crippen LogP contribution >= 0.6 is 11.3 Å². The molecule has 0 aromatic carbocycles. The van der Waals surface area contributed by atoms with Gasteiger partial charge in [-0.05, 0) is 45.6 Å². The van der Waals surface area contributed by atoms with Gasteiger partial charge in [-0.1, -0.05) is 6.92 Å². The Hall–Kier alpha value is -1.69. The minimum absolute atomic E-state index is 0.0526. The summed E-state index contributed by atoms with van der Waals surface area (Å²) in [7, 11) is 0. The lowest BCUT2D eigenvalue weighted by molar-refractivity contribution is 0.0938. The molecule has 0 aliphatic heterocycles. The van der Waals surface area contributed by atoms with Crippen LogP contribution in [0.4, 0.5) is 0 Å². The van der Waals surface area contributed by atoms with Gasteiger partial charge in [0.15, 0.2) is 0 Å². The highest BCUT2D eigenvalue weighted by molar-refractivity contribution is 7.09. The number of aryl methyl sites for hydroxylation is 3. The maximum absolute atomic E-state index is 12.3. The summed E-state index contributed by atoms with van der Waals surface area (Å²) in [5, 5.41) is 10.5. The minimum Gasteiger partial charge on any atom is -0.350 e. The van der Waals surface area contributed by atoms with Crippen LogP contribution in [-0.2, 0) is 13.0 Å². The molecule has 0 unspecified atom stereocenters. The average molecular weight is 332 g/mol. The van der Waals surface area contributed by atoms with Crippen LogP contribution in [-0.4, -0.2) is 27.2 Å². The zero-order valence-electron chi connectivity index (χ0n) is 14.1. The molecular formula is C17H24N4OS. The molecule has 3 rings (SSSR count). The summed E-state index contributed by atoms with van der Waals surface area (Å²) in [5.74, 6) is -0.0526. The van der Waals surface area contributed by atoms with Crippen LogP contribution in [0.5, 0.6) is 0 Å². The fourth-order valence-electron chi connectivity index (χ4n) is 2.82. The second-order valence-electron chi connectivity index (χ2n) is 6.64. The van der Waals surface area contributed by atoms with Gasteiger partial charge in [-0.25, -0.2) is 4.98 Å². The summed E-state index contributed by atoms with van der Waals surface area (Å²) >= 11 is 1.57. The van der Waals surface area contributed by atoms with Crippen LogP contribution < -0.4 is 5.32 Å². The lowest BCUT2D eigenvalue weighted by Crippen LogP contribution is -2.33. The molecule has 5 nitrogen and oxygen atoms in total. The largest absolute Gasteiger partial charge is 0.350 e. The number of nitrogens with zero attached hydrogens (tertiary/aromatic N) is 3. The second-order valence-corrected chi connectivity index (χ2v) is 7.59. The minimum atomic E-state index is -0.0526. The van der Waals surface area contributed by atoms with E-state index >= 15 is 0 Å². The summed E-state index contributed by atoms with van der Waals surface area (Å²) in [4.78, 5) is 16.7. The predicted molar refractivity (Wildman–Crippen MR) is 91.8 cm³/mol. The number of carbonyl (C=O) groups excluding carboxylic acids is 1. The molecule has 2 heterocycles. The zero-order chi connectivity index (χ0) is 16.4. The van der Waals surface area contributed by atoms with Gasteiger partial charge in [0.05, 0.1) is 10.7 Å². The van der Waals surface area contributed by atoms with Gasteiger partial charge in [-0.15, -0.1) is 11.3 Å². The molecule has 2 aromatic heterocycles. The van der Waals surface area contributed by atoms with Crippen molar-refractivity contribution < 1.29 is 4.79 Å². The second kappa shape index (κ2) is 6.43. The highest BCUT2D eigenvalue weighted by Gasteiger charge is 2.43. The van der Waals surface area contributed by atoms with Gasteiger partial charge < -0.3 is 5.32 Å². The van der Waals surface area contributed by atoms with Gasteiger partial charge in [-0.2, -0.15) is 5.10 Å². The summed E-state index contributed by atoms with van der Waals surface area (Å²) < 4.78 is 2.07. The predicted octanol–water partition coefficient (Wildman–Crippen LogP) is 3.12. The van der Waals surface area contributed by atoms with E-state index in [4.69, 9.17) is 0 Å². The zero-order valence-corrected chi connectivity index (χ0v) is 14.9. The number of rotatable bonds is 7. The molecule has 0 spiro atoms. The molecule has 124 valence electrons. The fourth-order valence-corrected chi connectivity index (χ4v) is 3.70. The molecule has 2 aromatic rings. The third kappa shape index (κ3) is 3.80. The Bertz CT molecular complexity index is 699. The highest BCUT2D eigenvalue weighted by atomic mass is 32.1. The van der Waals surface area contributed by atoms with Gasteiger partial charge in [-0.3, -0.25) is 9.48 Å². The van der Waals surface area contributed by atoms with Crippen molar-refractivity contribution in [1.29, 1.82) is 0 Å². The van der Waals surface area contributed by atoms with E-state index in [1.54, 1.807) is 11.3 Å². The molecule has 1 saturated carbocycles. The van der Waals surface area contributed by atoms with Crippen LogP contribution in [0.15, 0.2) is 11.4 Å². The first-order valence-corrected chi connectivity index (χ1v) is 9.13. The molecule has 23 heavy (non-hydrogen) atoms. The molecule has 0 bridgehead atoms. The van der Waals surface area contributed by atoms with Crippen molar-refractivity contribution in [2.75, 3.05) is 6.54 Å². The van der Waals surface area contributed by atoms with Crippen molar-refractivity contribution in [3.8, 4) is 0 Å². The monoisotopic (exact) mass is 332 g/mol. The molecule has 1 aliphatic rings. The number of hydrogen-bond donors (Lipinski definition) is 1. The third-order valence-electron chi connectivity index (χ3n) is 4.42. The van der Waals surface area contributed by atoms with Crippen LogP contribution in [0.25, 0.3) is 0 Å². The SMILES string of the molecule is CCCc1nc(C(=O)NCC2(Cn3nc(C)cc3C)CC2)cs1. The quantitative estimate of drug-likeness (QED) is 0.847. The van der Waals surface area contributed by atoms with Gasteiger partial charge in [0.2, 0.25) is 0 Å². The summed E-state index contributed by atoms with van der Waals surface area (Å²) in [6.07, 6.45) is 4.29. The van der Waals surface area contributed by atoms with E-state index < -0.39 is 0 Å². The first-order valence-electron chi connectivity index (χ1n) is 8.25. The molecule has 0 atom stereocenters.